The molecule has 0 N–H and O–H groups in total. The van der Waals surface area contributed by atoms with Gasteiger partial charge in [0.1, 0.15) is 11.5 Å². The second-order valence-electron chi connectivity index (χ2n) is 4.91. The van der Waals surface area contributed by atoms with Crippen LogP contribution in [0.5, 0.6) is 11.5 Å². The van der Waals surface area contributed by atoms with E-state index in [9.17, 15) is 4.79 Å². The van der Waals surface area contributed by atoms with E-state index in [0.29, 0.717) is 27.1 Å². The lowest BCUT2D eigenvalue weighted by Gasteiger charge is -2.10. The van der Waals surface area contributed by atoms with Crippen molar-refractivity contribution in [2.45, 2.75) is 0 Å². The highest BCUT2D eigenvalue weighted by molar-refractivity contribution is 6.42. The van der Waals surface area contributed by atoms with Gasteiger partial charge in [0, 0.05) is 6.07 Å². The predicted molar refractivity (Wildman–Crippen MR) is 93.8 cm³/mol. The van der Waals surface area contributed by atoms with Gasteiger partial charge in [0.25, 0.3) is 0 Å². The van der Waals surface area contributed by atoms with Crippen LogP contribution in [0.4, 0.5) is 0 Å². The van der Waals surface area contributed by atoms with Crippen molar-refractivity contribution in [3.8, 4) is 22.6 Å². The quantitative estimate of drug-likeness (QED) is 0.522. The first-order valence-electron chi connectivity index (χ1n) is 6.95. The topological polar surface area (TPSA) is 26.3 Å². The zero-order valence-electron chi connectivity index (χ0n) is 12.0. The summed E-state index contributed by atoms with van der Waals surface area (Å²) in [5.41, 5.74) is 2.46. The van der Waals surface area contributed by atoms with Crippen LogP contribution in [-0.2, 0) is 0 Å². The first-order chi connectivity index (χ1) is 11.2. The fourth-order valence-corrected chi connectivity index (χ4v) is 2.50. The molecule has 0 aliphatic carbocycles. The second kappa shape index (κ2) is 6.86. The Labute approximate surface area is 144 Å². The van der Waals surface area contributed by atoms with Crippen molar-refractivity contribution in [3.05, 3.63) is 82.3 Å². The van der Waals surface area contributed by atoms with Crippen molar-refractivity contribution >= 4 is 29.5 Å². The second-order valence-corrected chi connectivity index (χ2v) is 5.73. The van der Waals surface area contributed by atoms with Crippen LogP contribution >= 0.6 is 23.2 Å². The number of rotatable bonds is 4. The Kier molecular flexibility index (Phi) is 4.65. The summed E-state index contributed by atoms with van der Waals surface area (Å²) in [5, 5.41) is 0.853. The Hall–Kier alpha value is -2.29. The number of halogens is 2. The van der Waals surface area contributed by atoms with E-state index in [4.69, 9.17) is 27.9 Å². The Morgan fingerprint density at radius 1 is 0.783 bits per heavy atom. The molecule has 0 fully saturated rings. The maximum Gasteiger partial charge on any atom is 0.153 e. The van der Waals surface area contributed by atoms with Gasteiger partial charge < -0.3 is 4.74 Å². The van der Waals surface area contributed by atoms with Crippen molar-refractivity contribution in [2.24, 2.45) is 0 Å². The van der Waals surface area contributed by atoms with Crippen LogP contribution in [0.1, 0.15) is 10.4 Å². The fraction of sp³-hybridized carbons (Fsp3) is 0. The highest BCUT2D eigenvalue weighted by atomic mass is 35.5. The summed E-state index contributed by atoms with van der Waals surface area (Å²) in [6.07, 6.45) is 0.777. The average molecular weight is 343 g/mol. The molecule has 0 saturated heterocycles. The Bertz CT molecular complexity index is 845. The predicted octanol–water partition coefficient (Wildman–Crippen LogP) is 6.27. The molecule has 0 saturated carbocycles. The van der Waals surface area contributed by atoms with Crippen molar-refractivity contribution in [3.63, 3.8) is 0 Å². The maximum atomic E-state index is 11.4. The normalized spacial score (nSPS) is 10.3. The van der Waals surface area contributed by atoms with Gasteiger partial charge in [-0.25, -0.2) is 0 Å². The zero-order valence-corrected chi connectivity index (χ0v) is 13.5. The van der Waals surface area contributed by atoms with E-state index >= 15 is 0 Å². The van der Waals surface area contributed by atoms with Gasteiger partial charge >= 0.3 is 0 Å². The summed E-state index contributed by atoms with van der Waals surface area (Å²) in [6, 6.07) is 20.3. The Morgan fingerprint density at radius 2 is 1.57 bits per heavy atom. The van der Waals surface area contributed by atoms with Gasteiger partial charge in [0.2, 0.25) is 0 Å². The van der Waals surface area contributed by atoms with E-state index in [0.717, 1.165) is 17.4 Å². The van der Waals surface area contributed by atoms with Gasteiger partial charge in [-0.05, 0) is 35.4 Å². The number of aldehydes is 1. The van der Waals surface area contributed by atoms with Crippen LogP contribution in [0.15, 0.2) is 66.7 Å². The largest absolute Gasteiger partial charge is 0.457 e. The average Bonchev–Trinajstić information content (AvgIpc) is 2.59. The number of benzene rings is 3. The summed E-state index contributed by atoms with van der Waals surface area (Å²) < 4.78 is 5.75. The lowest BCUT2D eigenvalue weighted by molar-refractivity contribution is 0.112. The third-order valence-corrected chi connectivity index (χ3v) is 4.10. The molecular formula is C19H12Cl2O2. The first-order valence-corrected chi connectivity index (χ1v) is 7.70. The number of carbonyl (C=O) groups excluding carboxylic acids is 1. The molecule has 2 nitrogen and oxygen atoms in total. The van der Waals surface area contributed by atoms with Crippen molar-refractivity contribution in [2.75, 3.05) is 0 Å². The first kappa shape index (κ1) is 15.6. The standard InChI is InChI=1S/C19H12Cl2O2/c20-17-8-7-16(11-18(17)21)23-19-9-6-14(10-15(19)12-22)13-4-2-1-3-5-13/h1-12H. The van der Waals surface area contributed by atoms with Gasteiger partial charge in [-0.1, -0.05) is 59.6 Å². The SMILES string of the molecule is O=Cc1cc(-c2ccccc2)ccc1Oc1ccc(Cl)c(Cl)c1. The molecule has 0 unspecified atom stereocenters. The summed E-state index contributed by atoms with van der Waals surface area (Å²) in [7, 11) is 0. The minimum Gasteiger partial charge on any atom is -0.457 e. The molecule has 23 heavy (non-hydrogen) atoms. The van der Waals surface area contributed by atoms with Gasteiger partial charge in [-0.15, -0.1) is 0 Å². The molecule has 0 aromatic heterocycles. The highest BCUT2D eigenvalue weighted by Crippen LogP contribution is 2.32. The van der Waals surface area contributed by atoms with E-state index in [1.165, 1.54) is 0 Å². The number of hydrogen-bond donors (Lipinski definition) is 0. The van der Waals surface area contributed by atoms with Crippen LogP contribution in [0.25, 0.3) is 11.1 Å². The smallest absolute Gasteiger partial charge is 0.153 e. The molecule has 0 atom stereocenters. The number of carbonyl (C=O) groups is 1. The summed E-state index contributed by atoms with van der Waals surface area (Å²) in [4.78, 5) is 11.4. The molecule has 0 aliphatic rings. The Morgan fingerprint density at radius 3 is 2.26 bits per heavy atom. The summed E-state index contributed by atoms with van der Waals surface area (Å²) in [6.45, 7) is 0. The van der Waals surface area contributed by atoms with Crippen molar-refractivity contribution < 1.29 is 9.53 Å². The lowest BCUT2D eigenvalue weighted by Crippen LogP contribution is -1.91. The molecule has 114 valence electrons. The van der Waals surface area contributed by atoms with Crippen LogP contribution in [0.3, 0.4) is 0 Å². The van der Waals surface area contributed by atoms with Crippen molar-refractivity contribution in [1.29, 1.82) is 0 Å². The lowest BCUT2D eigenvalue weighted by atomic mass is 10.0. The van der Waals surface area contributed by atoms with E-state index in [-0.39, 0.29) is 0 Å². The van der Waals surface area contributed by atoms with Crippen LogP contribution in [0, 0.1) is 0 Å². The summed E-state index contributed by atoms with van der Waals surface area (Å²) in [5.74, 6) is 0.994. The van der Waals surface area contributed by atoms with Gasteiger partial charge in [-0.2, -0.15) is 0 Å². The van der Waals surface area contributed by atoms with Crippen LogP contribution in [0.2, 0.25) is 10.0 Å². The molecule has 0 bridgehead atoms. The molecule has 0 aliphatic heterocycles. The van der Waals surface area contributed by atoms with Crippen LogP contribution < -0.4 is 4.74 Å². The monoisotopic (exact) mass is 342 g/mol. The third kappa shape index (κ3) is 3.55. The molecule has 4 heteroatoms. The molecule has 0 heterocycles. The van der Waals surface area contributed by atoms with Crippen LogP contribution in [-0.4, -0.2) is 6.29 Å². The minimum absolute atomic E-state index is 0.401. The van der Waals surface area contributed by atoms with Crippen molar-refractivity contribution in [1.82, 2.24) is 0 Å². The minimum atomic E-state index is 0.401. The molecule has 3 aromatic carbocycles. The van der Waals surface area contributed by atoms with E-state index in [2.05, 4.69) is 0 Å². The molecule has 3 rings (SSSR count). The number of ether oxygens (including phenoxy) is 1. The van der Waals surface area contributed by atoms with Gasteiger partial charge in [0.05, 0.1) is 15.6 Å². The summed E-state index contributed by atoms with van der Waals surface area (Å²) >= 11 is 11.9. The Balaban J connectivity index is 1.94. The van der Waals surface area contributed by atoms with Gasteiger partial charge in [0.15, 0.2) is 6.29 Å². The maximum absolute atomic E-state index is 11.4. The van der Waals surface area contributed by atoms with Gasteiger partial charge in [-0.3, -0.25) is 4.79 Å². The van der Waals surface area contributed by atoms with E-state index in [1.54, 1.807) is 30.3 Å². The molecule has 0 spiro atoms. The molecule has 0 amide bonds. The molecular weight excluding hydrogens is 331 g/mol. The van der Waals surface area contributed by atoms with E-state index < -0.39 is 0 Å². The molecule has 3 aromatic rings. The zero-order chi connectivity index (χ0) is 16.2. The molecule has 0 radical (unpaired) electrons. The highest BCUT2D eigenvalue weighted by Gasteiger charge is 2.08. The third-order valence-electron chi connectivity index (χ3n) is 3.36. The number of hydrogen-bond acceptors (Lipinski definition) is 2. The van der Waals surface area contributed by atoms with E-state index in [1.807, 2.05) is 36.4 Å². The fourth-order valence-electron chi connectivity index (χ4n) is 2.21.